The summed E-state index contributed by atoms with van der Waals surface area (Å²) < 4.78 is 13.0. The van der Waals surface area contributed by atoms with E-state index >= 15 is 0 Å². The molecule has 4 heteroatoms. The van der Waals surface area contributed by atoms with Crippen molar-refractivity contribution in [3.8, 4) is 0 Å². The molecule has 0 aliphatic heterocycles. The van der Waals surface area contributed by atoms with Crippen LogP contribution in [0.1, 0.15) is 18.5 Å². The standard InChI is InChI=1S/C15H15ClFNS/c1-10(14-7-6-11(17)8-15(14)16)18-12-4-3-5-13(9-12)19-2/h3-10,18H,1-2H3. The molecule has 1 N–H and O–H groups in total. The lowest BCUT2D eigenvalue weighted by Crippen LogP contribution is -2.07. The zero-order valence-corrected chi connectivity index (χ0v) is 12.4. The fourth-order valence-corrected chi connectivity index (χ4v) is 2.68. The number of thioether (sulfide) groups is 1. The first-order chi connectivity index (χ1) is 9.10. The van der Waals surface area contributed by atoms with Crippen molar-refractivity contribution >= 4 is 29.1 Å². The zero-order valence-electron chi connectivity index (χ0n) is 10.8. The number of nitrogens with one attached hydrogen (secondary N) is 1. The zero-order chi connectivity index (χ0) is 13.8. The van der Waals surface area contributed by atoms with Gasteiger partial charge >= 0.3 is 0 Å². The summed E-state index contributed by atoms with van der Waals surface area (Å²) in [5.41, 5.74) is 1.91. The number of benzene rings is 2. The summed E-state index contributed by atoms with van der Waals surface area (Å²) in [6.07, 6.45) is 2.04. The maximum Gasteiger partial charge on any atom is 0.124 e. The lowest BCUT2D eigenvalue weighted by atomic mass is 10.1. The average Bonchev–Trinajstić information content (AvgIpc) is 2.38. The highest BCUT2D eigenvalue weighted by atomic mass is 35.5. The van der Waals surface area contributed by atoms with E-state index in [1.165, 1.54) is 17.0 Å². The molecule has 0 bridgehead atoms. The minimum absolute atomic E-state index is 0.0187. The Morgan fingerprint density at radius 2 is 2.00 bits per heavy atom. The predicted molar refractivity (Wildman–Crippen MR) is 81.7 cm³/mol. The Morgan fingerprint density at radius 1 is 1.21 bits per heavy atom. The third kappa shape index (κ3) is 3.64. The van der Waals surface area contributed by atoms with Gasteiger partial charge in [0.2, 0.25) is 0 Å². The Balaban J connectivity index is 2.17. The van der Waals surface area contributed by atoms with E-state index in [9.17, 15) is 4.39 Å². The third-order valence-electron chi connectivity index (χ3n) is 2.88. The number of anilines is 1. The summed E-state index contributed by atoms with van der Waals surface area (Å²) >= 11 is 7.76. The van der Waals surface area contributed by atoms with Crippen LogP contribution in [0.2, 0.25) is 5.02 Å². The van der Waals surface area contributed by atoms with Gasteiger partial charge in [-0.15, -0.1) is 11.8 Å². The van der Waals surface area contributed by atoms with Crippen LogP contribution in [-0.2, 0) is 0 Å². The summed E-state index contributed by atoms with van der Waals surface area (Å²) in [4.78, 5) is 1.20. The molecule has 100 valence electrons. The summed E-state index contributed by atoms with van der Waals surface area (Å²) in [5.74, 6) is -0.315. The van der Waals surface area contributed by atoms with Crippen LogP contribution in [0.5, 0.6) is 0 Å². The second-order valence-corrected chi connectivity index (χ2v) is 5.55. The molecule has 0 aliphatic rings. The third-order valence-corrected chi connectivity index (χ3v) is 3.93. The highest BCUT2D eigenvalue weighted by Crippen LogP contribution is 2.28. The smallest absolute Gasteiger partial charge is 0.124 e. The van der Waals surface area contributed by atoms with Crippen molar-refractivity contribution in [1.29, 1.82) is 0 Å². The molecule has 0 amide bonds. The van der Waals surface area contributed by atoms with Gasteiger partial charge in [0.25, 0.3) is 0 Å². The molecule has 1 atom stereocenters. The van der Waals surface area contributed by atoms with E-state index in [-0.39, 0.29) is 11.9 Å². The Kier molecular flexibility index (Phi) is 4.72. The van der Waals surface area contributed by atoms with Crippen molar-refractivity contribution in [1.82, 2.24) is 0 Å². The molecule has 0 radical (unpaired) electrons. The van der Waals surface area contributed by atoms with Crippen molar-refractivity contribution in [2.45, 2.75) is 17.9 Å². The van der Waals surface area contributed by atoms with Gasteiger partial charge in [-0.2, -0.15) is 0 Å². The molecular weight excluding hydrogens is 281 g/mol. The Hall–Kier alpha value is -1.19. The Bertz CT molecular complexity index is 574. The number of hydrogen-bond donors (Lipinski definition) is 1. The van der Waals surface area contributed by atoms with Crippen LogP contribution in [0.25, 0.3) is 0 Å². The SMILES string of the molecule is CSc1cccc(NC(C)c2ccc(F)cc2Cl)c1. The minimum Gasteiger partial charge on any atom is -0.378 e. The van der Waals surface area contributed by atoms with Crippen molar-refractivity contribution in [2.24, 2.45) is 0 Å². The molecule has 2 rings (SSSR count). The fraction of sp³-hybridized carbons (Fsp3) is 0.200. The molecule has 0 saturated heterocycles. The van der Waals surface area contributed by atoms with Gasteiger partial charge in [-0.1, -0.05) is 23.7 Å². The van der Waals surface area contributed by atoms with Crippen LogP contribution in [0.4, 0.5) is 10.1 Å². The predicted octanol–water partition coefficient (Wildman–Crippen LogP) is 5.37. The van der Waals surface area contributed by atoms with Gasteiger partial charge in [0.15, 0.2) is 0 Å². The van der Waals surface area contributed by atoms with Gasteiger partial charge < -0.3 is 5.32 Å². The Labute approximate surface area is 122 Å². The molecule has 0 fully saturated rings. The molecular formula is C15H15ClFNS. The molecule has 0 spiro atoms. The largest absolute Gasteiger partial charge is 0.378 e. The molecule has 1 unspecified atom stereocenters. The van der Waals surface area contributed by atoms with E-state index in [4.69, 9.17) is 11.6 Å². The van der Waals surface area contributed by atoms with Crippen LogP contribution >= 0.6 is 23.4 Å². The average molecular weight is 296 g/mol. The molecule has 0 heterocycles. The molecule has 2 aromatic rings. The van der Waals surface area contributed by atoms with E-state index in [0.29, 0.717) is 5.02 Å². The molecule has 19 heavy (non-hydrogen) atoms. The van der Waals surface area contributed by atoms with Crippen LogP contribution in [-0.4, -0.2) is 6.26 Å². The fourth-order valence-electron chi connectivity index (χ4n) is 1.89. The number of hydrogen-bond acceptors (Lipinski definition) is 2. The highest BCUT2D eigenvalue weighted by Gasteiger charge is 2.10. The second-order valence-electron chi connectivity index (χ2n) is 4.26. The first-order valence-corrected chi connectivity index (χ1v) is 7.56. The Morgan fingerprint density at radius 3 is 2.68 bits per heavy atom. The molecule has 0 saturated carbocycles. The molecule has 0 aliphatic carbocycles. The highest BCUT2D eigenvalue weighted by molar-refractivity contribution is 7.98. The normalized spacial score (nSPS) is 12.2. The second kappa shape index (κ2) is 6.31. The van der Waals surface area contributed by atoms with Crippen molar-refractivity contribution in [3.63, 3.8) is 0 Å². The van der Waals surface area contributed by atoms with E-state index in [1.54, 1.807) is 17.8 Å². The van der Waals surface area contributed by atoms with Crippen molar-refractivity contribution in [3.05, 3.63) is 58.9 Å². The summed E-state index contributed by atoms with van der Waals surface area (Å²) in [6, 6.07) is 12.7. The van der Waals surface area contributed by atoms with Gasteiger partial charge in [0.05, 0.1) is 0 Å². The van der Waals surface area contributed by atoms with Gasteiger partial charge in [0.1, 0.15) is 5.82 Å². The minimum atomic E-state index is -0.315. The lowest BCUT2D eigenvalue weighted by molar-refractivity contribution is 0.626. The van der Waals surface area contributed by atoms with E-state index in [1.807, 2.05) is 25.3 Å². The summed E-state index contributed by atoms with van der Waals surface area (Å²) in [7, 11) is 0. The van der Waals surface area contributed by atoms with Crippen LogP contribution in [0.15, 0.2) is 47.4 Å². The van der Waals surface area contributed by atoms with Crippen molar-refractivity contribution in [2.75, 3.05) is 11.6 Å². The summed E-state index contributed by atoms with van der Waals surface area (Å²) in [5, 5.41) is 3.82. The van der Waals surface area contributed by atoms with E-state index in [0.717, 1.165) is 11.3 Å². The van der Waals surface area contributed by atoms with Crippen LogP contribution in [0.3, 0.4) is 0 Å². The monoisotopic (exact) mass is 295 g/mol. The van der Waals surface area contributed by atoms with Gasteiger partial charge in [-0.3, -0.25) is 0 Å². The quantitative estimate of drug-likeness (QED) is 0.761. The van der Waals surface area contributed by atoms with E-state index < -0.39 is 0 Å². The first-order valence-electron chi connectivity index (χ1n) is 5.95. The molecule has 1 nitrogen and oxygen atoms in total. The maximum atomic E-state index is 13.0. The van der Waals surface area contributed by atoms with Crippen LogP contribution in [0, 0.1) is 5.82 Å². The van der Waals surface area contributed by atoms with Crippen molar-refractivity contribution < 1.29 is 4.39 Å². The van der Waals surface area contributed by atoms with Gasteiger partial charge in [-0.05, 0) is 49.1 Å². The lowest BCUT2D eigenvalue weighted by Gasteiger charge is -2.17. The maximum absolute atomic E-state index is 13.0. The number of rotatable bonds is 4. The topological polar surface area (TPSA) is 12.0 Å². The summed E-state index contributed by atoms with van der Waals surface area (Å²) in [6.45, 7) is 2.00. The van der Waals surface area contributed by atoms with Gasteiger partial charge in [0, 0.05) is 21.6 Å². The molecule has 2 aromatic carbocycles. The van der Waals surface area contributed by atoms with Gasteiger partial charge in [-0.25, -0.2) is 4.39 Å². The van der Waals surface area contributed by atoms with E-state index in [2.05, 4.69) is 17.4 Å². The molecule has 0 aromatic heterocycles. The number of halogens is 2. The first kappa shape index (κ1) is 14.2. The van der Waals surface area contributed by atoms with Crippen LogP contribution < -0.4 is 5.32 Å².